The number of rotatable bonds is 7. The number of nitrogens with zero attached hydrogens (tertiary/aromatic N) is 3. The van der Waals surface area contributed by atoms with E-state index in [1.165, 1.54) is 28.6 Å². The summed E-state index contributed by atoms with van der Waals surface area (Å²) < 4.78 is 5.30. The number of carbonyl (C=O) groups excluding carboxylic acids is 1. The van der Waals surface area contributed by atoms with Crippen molar-refractivity contribution in [2.75, 3.05) is 18.6 Å². The van der Waals surface area contributed by atoms with Gasteiger partial charge in [0.05, 0.1) is 29.8 Å². The maximum Gasteiger partial charge on any atom is 0.267 e. The molecule has 6 heteroatoms. The minimum atomic E-state index is -0.0378. The fraction of sp³-hybridized carbons (Fsp3) is 0.273. The van der Waals surface area contributed by atoms with Crippen LogP contribution in [0.15, 0.2) is 88.8 Å². The summed E-state index contributed by atoms with van der Waals surface area (Å²) >= 11 is 1.43. The van der Waals surface area contributed by atoms with Gasteiger partial charge in [-0.1, -0.05) is 49.4 Å². The number of benzene rings is 3. The molecule has 0 unspecified atom stereocenters. The summed E-state index contributed by atoms with van der Waals surface area (Å²) in [7, 11) is 1.65. The normalized spacial score (nSPS) is 18.5. The minimum absolute atomic E-state index is 0.0326. The number of fused-ring (bicyclic) bond motifs is 1. The van der Waals surface area contributed by atoms with E-state index in [9.17, 15) is 4.79 Å². The number of hydrogen-bond donors (Lipinski definition) is 0. The molecule has 1 amide bonds. The number of ether oxygens (including phenoxy) is 1. The predicted molar refractivity (Wildman–Crippen MR) is 164 cm³/mol. The summed E-state index contributed by atoms with van der Waals surface area (Å²) in [6, 6.07) is 24.1. The lowest BCUT2D eigenvalue weighted by Gasteiger charge is -2.43. The monoisotopic (exact) mass is 537 g/mol. The van der Waals surface area contributed by atoms with Crippen LogP contribution in [0.2, 0.25) is 0 Å². The largest absolute Gasteiger partial charge is 0.497 e. The lowest BCUT2D eigenvalue weighted by atomic mass is 9.88. The van der Waals surface area contributed by atoms with Crippen molar-refractivity contribution in [3.05, 3.63) is 100 Å². The Morgan fingerprint density at radius 3 is 2.46 bits per heavy atom. The van der Waals surface area contributed by atoms with Crippen LogP contribution in [0.25, 0.3) is 11.6 Å². The first-order valence-corrected chi connectivity index (χ1v) is 14.2. The van der Waals surface area contributed by atoms with Crippen LogP contribution in [-0.4, -0.2) is 35.2 Å². The molecule has 0 saturated carbocycles. The number of aliphatic imine (C=N–C) groups is 1. The summed E-state index contributed by atoms with van der Waals surface area (Å²) in [5, 5.41) is 0.679. The zero-order valence-electron chi connectivity index (χ0n) is 23.3. The number of allylic oxidation sites excluding steroid dienone is 1. The average Bonchev–Trinajstić information content (AvgIpc) is 3.20. The second-order valence-corrected chi connectivity index (χ2v) is 11.5. The van der Waals surface area contributed by atoms with Crippen LogP contribution in [0.5, 0.6) is 5.75 Å². The van der Waals surface area contributed by atoms with Gasteiger partial charge in [-0.05, 0) is 98.1 Å². The number of carbonyl (C=O) groups is 1. The van der Waals surface area contributed by atoms with E-state index in [0.29, 0.717) is 16.6 Å². The van der Waals surface area contributed by atoms with Gasteiger partial charge in [-0.15, -0.1) is 0 Å². The van der Waals surface area contributed by atoms with Gasteiger partial charge in [0.2, 0.25) is 0 Å². The Balaban J connectivity index is 1.49. The molecule has 0 N–H and O–H groups in total. The lowest BCUT2D eigenvalue weighted by molar-refractivity contribution is -0.122. The first kappa shape index (κ1) is 26.8. The second-order valence-electron chi connectivity index (χ2n) is 10.5. The van der Waals surface area contributed by atoms with Crippen LogP contribution >= 0.6 is 11.8 Å². The molecule has 0 spiro atoms. The van der Waals surface area contributed by atoms with E-state index in [4.69, 9.17) is 9.73 Å². The molecule has 2 aliphatic heterocycles. The van der Waals surface area contributed by atoms with Gasteiger partial charge >= 0.3 is 0 Å². The highest BCUT2D eigenvalue weighted by molar-refractivity contribution is 8.18. The third-order valence-corrected chi connectivity index (χ3v) is 8.12. The first-order chi connectivity index (χ1) is 18.8. The van der Waals surface area contributed by atoms with Gasteiger partial charge in [-0.25, -0.2) is 4.99 Å². The zero-order valence-corrected chi connectivity index (χ0v) is 24.1. The van der Waals surface area contributed by atoms with Crippen LogP contribution < -0.4 is 9.64 Å². The van der Waals surface area contributed by atoms with Crippen LogP contribution in [-0.2, 0) is 11.3 Å². The first-order valence-electron chi connectivity index (χ1n) is 13.4. The number of para-hydroxylation sites is 1. The smallest absolute Gasteiger partial charge is 0.267 e. The van der Waals surface area contributed by atoms with Crippen molar-refractivity contribution >= 4 is 45.9 Å². The maximum absolute atomic E-state index is 13.7. The topological polar surface area (TPSA) is 45.1 Å². The third-order valence-electron chi connectivity index (χ3n) is 7.12. The van der Waals surface area contributed by atoms with E-state index in [-0.39, 0.29) is 11.4 Å². The van der Waals surface area contributed by atoms with Gasteiger partial charge in [0.25, 0.3) is 5.91 Å². The zero-order chi connectivity index (χ0) is 27.6. The van der Waals surface area contributed by atoms with Gasteiger partial charge in [0.15, 0.2) is 5.17 Å². The van der Waals surface area contributed by atoms with E-state index < -0.39 is 0 Å². The molecule has 5 rings (SSSR count). The highest BCUT2D eigenvalue weighted by Gasteiger charge is 2.34. The van der Waals surface area contributed by atoms with Crippen molar-refractivity contribution < 1.29 is 9.53 Å². The predicted octanol–water partition coefficient (Wildman–Crippen LogP) is 7.91. The molecule has 1 fully saturated rings. The molecule has 0 aromatic heterocycles. The van der Waals surface area contributed by atoms with E-state index in [0.717, 1.165) is 35.5 Å². The summed E-state index contributed by atoms with van der Waals surface area (Å²) in [6.45, 7) is 10.4. The summed E-state index contributed by atoms with van der Waals surface area (Å²) in [4.78, 5) is 23.5. The lowest BCUT2D eigenvalue weighted by Crippen LogP contribution is -2.45. The van der Waals surface area contributed by atoms with Crippen LogP contribution in [0.4, 0.5) is 11.4 Å². The second kappa shape index (κ2) is 11.1. The van der Waals surface area contributed by atoms with Crippen molar-refractivity contribution in [3.8, 4) is 5.75 Å². The standard InChI is InChI=1S/C33H35N3O2S/c1-6-18-36-29-17-14-25(19-28(29)23(2)21-33(36,3)4)20-30-31(37)35(22-24-12-15-27(38-5)16-13-24)32(39-30)34-26-10-8-7-9-11-26/h7-17,19-21H,6,18,22H2,1-5H3/b30-20+,34-32?. The Morgan fingerprint density at radius 2 is 1.77 bits per heavy atom. The molecule has 0 aliphatic carbocycles. The number of amidine groups is 1. The van der Waals surface area contributed by atoms with Crippen molar-refractivity contribution in [1.29, 1.82) is 0 Å². The van der Waals surface area contributed by atoms with E-state index in [1.54, 1.807) is 12.0 Å². The Hall–Kier alpha value is -3.77. The Kier molecular flexibility index (Phi) is 7.67. The van der Waals surface area contributed by atoms with E-state index >= 15 is 0 Å². The Morgan fingerprint density at radius 1 is 1.03 bits per heavy atom. The molecule has 1 saturated heterocycles. The highest BCUT2D eigenvalue weighted by atomic mass is 32.2. The number of thioether (sulfide) groups is 1. The van der Waals surface area contributed by atoms with Crippen molar-refractivity contribution in [2.45, 2.75) is 46.2 Å². The number of anilines is 1. The summed E-state index contributed by atoms with van der Waals surface area (Å²) in [6.07, 6.45) is 5.43. The summed E-state index contributed by atoms with van der Waals surface area (Å²) in [5.74, 6) is 0.751. The fourth-order valence-corrected chi connectivity index (χ4v) is 6.23. The van der Waals surface area contributed by atoms with E-state index in [1.807, 2.05) is 60.7 Å². The van der Waals surface area contributed by atoms with Crippen molar-refractivity contribution in [3.63, 3.8) is 0 Å². The Bertz CT molecular complexity index is 1460. The molecule has 2 heterocycles. The van der Waals surface area contributed by atoms with Gasteiger partial charge in [0.1, 0.15) is 5.75 Å². The molecule has 3 aromatic rings. The quantitative estimate of drug-likeness (QED) is 0.287. The molecular formula is C33H35N3O2S. The maximum atomic E-state index is 13.7. The highest BCUT2D eigenvalue weighted by Crippen LogP contribution is 2.41. The Labute approximate surface area is 235 Å². The molecule has 0 bridgehead atoms. The SMILES string of the molecule is CCCN1c2ccc(/C=C3/SC(=Nc4ccccc4)N(Cc4ccc(OC)cc4)C3=O)cc2C(C)=CC1(C)C. The van der Waals surface area contributed by atoms with Gasteiger partial charge in [0, 0.05) is 17.8 Å². The average molecular weight is 538 g/mol. The minimum Gasteiger partial charge on any atom is -0.497 e. The molecule has 2 aliphatic rings. The van der Waals surface area contributed by atoms with Crippen LogP contribution in [0.1, 0.15) is 50.8 Å². The number of methoxy groups -OCH3 is 1. The van der Waals surface area contributed by atoms with Gasteiger partial charge < -0.3 is 9.64 Å². The van der Waals surface area contributed by atoms with Gasteiger partial charge in [-0.2, -0.15) is 0 Å². The number of amides is 1. The van der Waals surface area contributed by atoms with Crippen LogP contribution in [0, 0.1) is 0 Å². The molecule has 0 atom stereocenters. The molecular weight excluding hydrogens is 502 g/mol. The van der Waals surface area contributed by atoms with Crippen LogP contribution in [0.3, 0.4) is 0 Å². The molecule has 0 radical (unpaired) electrons. The molecule has 39 heavy (non-hydrogen) atoms. The molecule has 5 nitrogen and oxygen atoms in total. The fourth-order valence-electron chi connectivity index (χ4n) is 5.23. The molecule has 3 aromatic carbocycles. The van der Waals surface area contributed by atoms with Crippen molar-refractivity contribution in [1.82, 2.24) is 4.90 Å². The summed E-state index contributed by atoms with van der Waals surface area (Å²) in [5.41, 5.74) is 6.55. The van der Waals surface area contributed by atoms with Gasteiger partial charge in [-0.3, -0.25) is 9.69 Å². The number of hydrogen-bond acceptors (Lipinski definition) is 5. The third kappa shape index (κ3) is 5.66. The van der Waals surface area contributed by atoms with Crippen molar-refractivity contribution in [2.24, 2.45) is 4.99 Å². The molecule has 200 valence electrons. The van der Waals surface area contributed by atoms with E-state index in [2.05, 4.69) is 56.9 Å².